The number of ether oxygens (including phenoxy) is 1. The number of rotatable bonds is 9. The van der Waals surface area contributed by atoms with Crippen LogP contribution in [0.4, 0.5) is 5.69 Å². The Hall–Kier alpha value is -4.39. The van der Waals surface area contributed by atoms with Crippen molar-refractivity contribution >= 4 is 34.2 Å². The third-order valence-corrected chi connectivity index (χ3v) is 5.75. The Kier molecular flexibility index (Phi) is 7.26. The van der Waals surface area contributed by atoms with Crippen LogP contribution < -0.4 is 10.1 Å². The molecular weight excluding hydrogens is 442 g/mol. The molecule has 178 valence electrons. The minimum absolute atomic E-state index is 0.0444. The molecule has 2 amide bonds. The maximum absolute atomic E-state index is 13.1. The van der Waals surface area contributed by atoms with E-state index in [4.69, 9.17) is 4.74 Å². The van der Waals surface area contributed by atoms with Gasteiger partial charge in [0.15, 0.2) is 0 Å². The van der Waals surface area contributed by atoms with Gasteiger partial charge in [0.05, 0.1) is 5.56 Å². The summed E-state index contributed by atoms with van der Waals surface area (Å²) in [6, 6.07) is 23.4. The van der Waals surface area contributed by atoms with Crippen molar-refractivity contribution in [3.63, 3.8) is 0 Å². The number of hydrogen-bond acceptors (Lipinski definition) is 4. The molecule has 1 aromatic heterocycles. The number of para-hydroxylation sites is 2. The number of nitrogens with one attached hydrogen (secondary N) is 1. The molecule has 0 aliphatic heterocycles. The van der Waals surface area contributed by atoms with Gasteiger partial charge in [-0.2, -0.15) is 0 Å². The minimum Gasteiger partial charge on any atom is -0.457 e. The summed E-state index contributed by atoms with van der Waals surface area (Å²) in [6.07, 6.45) is 1.59. The first-order chi connectivity index (χ1) is 17.0. The van der Waals surface area contributed by atoms with Crippen molar-refractivity contribution in [2.24, 2.45) is 0 Å². The summed E-state index contributed by atoms with van der Waals surface area (Å²) in [5.74, 6) is -0.145. The van der Waals surface area contributed by atoms with Gasteiger partial charge in [0.1, 0.15) is 18.0 Å². The molecule has 0 spiro atoms. The summed E-state index contributed by atoms with van der Waals surface area (Å²) >= 11 is 0. The van der Waals surface area contributed by atoms with Crippen molar-refractivity contribution < 1.29 is 19.1 Å². The van der Waals surface area contributed by atoms with Gasteiger partial charge < -0.3 is 19.5 Å². The van der Waals surface area contributed by atoms with Crippen LogP contribution in [0.1, 0.15) is 24.2 Å². The van der Waals surface area contributed by atoms with E-state index in [0.717, 1.165) is 5.52 Å². The summed E-state index contributed by atoms with van der Waals surface area (Å²) in [5, 5.41) is 3.29. The zero-order valence-corrected chi connectivity index (χ0v) is 19.7. The first-order valence-electron chi connectivity index (χ1n) is 11.5. The molecule has 4 rings (SSSR count). The van der Waals surface area contributed by atoms with Crippen molar-refractivity contribution in [3.05, 3.63) is 90.6 Å². The average Bonchev–Trinajstić information content (AvgIpc) is 3.24. The highest BCUT2D eigenvalue weighted by Crippen LogP contribution is 2.24. The SMILES string of the molecule is CCN(CC)C(=O)Cn1cc(C(=O)C(=O)Nc2ccc(Oc3ccccc3)cc2)c2ccccc21. The molecule has 0 aliphatic carbocycles. The Balaban J connectivity index is 1.50. The van der Waals surface area contributed by atoms with Crippen molar-refractivity contribution in [2.45, 2.75) is 20.4 Å². The van der Waals surface area contributed by atoms with Crippen LogP contribution in [0.3, 0.4) is 0 Å². The standard InChI is InChI=1S/C28H27N3O4/c1-3-30(4-2)26(32)19-31-18-24(23-12-8-9-13-25(23)31)27(33)28(34)29-20-14-16-22(17-15-20)35-21-10-6-5-7-11-21/h5-18H,3-4,19H2,1-2H3,(H,29,34). The van der Waals surface area contributed by atoms with E-state index in [2.05, 4.69) is 5.32 Å². The van der Waals surface area contributed by atoms with E-state index in [9.17, 15) is 14.4 Å². The number of aromatic nitrogens is 1. The number of likely N-dealkylation sites (N-methyl/N-ethyl adjacent to an activating group) is 1. The highest BCUT2D eigenvalue weighted by atomic mass is 16.5. The van der Waals surface area contributed by atoms with Crippen LogP contribution in [0.25, 0.3) is 10.9 Å². The molecule has 3 aromatic carbocycles. The smallest absolute Gasteiger partial charge is 0.296 e. The quantitative estimate of drug-likeness (QED) is 0.272. The predicted molar refractivity (Wildman–Crippen MR) is 136 cm³/mol. The molecule has 1 heterocycles. The van der Waals surface area contributed by atoms with Gasteiger partial charge in [-0.05, 0) is 56.3 Å². The Labute approximate surface area is 203 Å². The van der Waals surface area contributed by atoms with Crippen molar-refractivity contribution in [1.82, 2.24) is 9.47 Å². The first-order valence-corrected chi connectivity index (χ1v) is 11.5. The summed E-state index contributed by atoms with van der Waals surface area (Å²) in [7, 11) is 0. The maximum Gasteiger partial charge on any atom is 0.296 e. The van der Waals surface area contributed by atoms with E-state index in [-0.39, 0.29) is 18.0 Å². The average molecular weight is 470 g/mol. The molecule has 0 atom stereocenters. The van der Waals surface area contributed by atoms with E-state index >= 15 is 0 Å². The van der Waals surface area contributed by atoms with Crippen molar-refractivity contribution in [2.75, 3.05) is 18.4 Å². The van der Waals surface area contributed by atoms with Gasteiger partial charge in [-0.1, -0.05) is 36.4 Å². The van der Waals surface area contributed by atoms with Crippen LogP contribution in [0, 0.1) is 0 Å². The second kappa shape index (κ2) is 10.7. The van der Waals surface area contributed by atoms with Crippen LogP contribution in [0.5, 0.6) is 11.5 Å². The number of carbonyl (C=O) groups excluding carboxylic acids is 3. The fourth-order valence-electron chi connectivity index (χ4n) is 3.92. The van der Waals surface area contributed by atoms with Gasteiger partial charge in [-0.25, -0.2) is 0 Å². The molecule has 1 N–H and O–H groups in total. The van der Waals surface area contributed by atoms with E-state index in [1.165, 1.54) is 0 Å². The fourth-order valence-corrected chi connectivity index (χ4v) is 3.92. The molecule has 4 aromatic rings. The fraction of sp³-hybridized carbons (Fsp3) is 0.179. The van der Waals surface area contributed by atoms with Crippen LogP contribution in [0.2, 0.25) is 0 Å². The summed E-state index contributed by atoms with van der Waals surface area (Å²) in [5.41, 5.74) is 1.46. The highest BCUT2D eigenvalue weighted by molar-refractivity contribution is 6.48. The molecule has 0 aliphatic rings. The van der Waals surface area contributed by atoms with Gasteiger partial charge in [0, 0.05) is 35.9 Å². The lowest BCUT2D eigenvalue weighted by Gasteiger charge is -2.19. The lowest BCUT2D eigenvalue weighted by atomic mass is 10.1. The first kappa shape index (κ1) is 23.8. The second-order valence-electron chi connectivity index (χ2n) is 7.98. The number of amides is 2. The molecule has 7 nitrogen and oxygen atoms in total. The summed E-state index contributed by atoms with van der Waals surface area (Å²) in [6.45, 7) is 5.17. The number of nitrogens with zero attached hydrogens (tertiary/aromatic N) is 2. The maximum atomic E-state index is 13.1. The van der Waals surface area contributed by atoms with E-state index in [1.54, 1.807) is 52.1 Å². The number of carbonyl (C=O) groups is 3. The molecule has 0 unspecified atom stereocenters. The number of hydrogen-bond donors (Lipinski definition) is 1. The van der Waals surface area contributed by atoms with Crippen molar-refractivity contribution in [1.29, 1.82) is 0 Å². The number of benzene rings is 3. The normalized spacial score (nSPS) is 10.7. The molecule has 0 saturated carbocycles. The Morgan fingerprint density at radius 1 is 0.829 bits per heavy atom. The third kappa shape index (κ3) is 5.41. The largest absolute Gasteiger partial charge is 0.457 e. The molecule has 7 heteroatoms. The molecule has 0 saturated heterocycles. The highest BCUT2D eigenvalue weighted by Gasteiger charge is 2.23. The molecule has 35 heavy (non-hydrogen) atoms. The number of ketones is 1. The van der Waals surface area contributed by atoms with Crippen LogP contribution in [-0.2, 0) is 16.1 Å². The Bertz CT molecular complexity index is 1340. The van der Waals surface area contributed by atoms with E-state index in [0.29, 0.717) is 35.7 Å². The van der Waals surface area contributed by atoms with Gasteiger partial charge >= 0.3 is 0 Å². The molecule has 0 radical (unpaired) electrons. The lowest BCUT2D eigenvalue weighted by Crippen LogP contribution is -2.33. The van der Waals surface area contributed by atoms with Gasteiger partial charge in [-0.15, -0.1) is 0 Å². The Morgan fingerprint density at radius 2 is 1.46 bits per heavy atom. The minimum atomic E-state index is -0.750. The topological polar surface area (TPSA) is 80.6 Å². The van der Waals surface area contributed by atoms with Gasteiger partial charge in [-0.3, -0.25) is 14.4 Å². The van der Waals surface area contributed by atoms with Crippen LogP contribution in [-0.4, -0.2) is 40.2 Å². The third-order valence-electron chi connectivity index (χ3n) is 5.75. The molecular formula is C28H27N3O4. The predicted octanol–water partition coefficient (Wildman–Crippen LogP) is 5.12. The van der Waals surface area contributed by atoms with Crippen LogP contribution >= 0.6 is 0 Å². The van der Waals surface area contributed by atoms with Crippen LogP contribution in [0.15, 0.2) is 85.1 Å². The molecule has 0 bridgehead atoms. The number of Topliss-reactive ketones (excluding diaryl/α,β-unsaturated/α-hetero) is 1. The second-order valence-corrected chi connectivity index (χ2v) is 7.98. The molecule has 0 fully saturated rings. The zero-order valence-electron chi connectivity index (χ0n) is 19.7. The lowest BCUT2D eigenvalue weighted by molar-refractivity contribution is -0.131. The Morgan fingerprint density at radius 3 is 2.14 bits per heavy atom. The van der Waals surface area contributed by atoms with E-state index < -0.39 is 11.7 Å². The monoisotopic (exact) mass is 469 g/mol. The van der Waals surface area contributed by atoms with E-state index in [1.807, 2.05) is 56.3 Å². The zero-order chi connectivity index (χ0) is 24.8. The summed E-state index contributed by atoms with van der Waals surface area (Å²) in [4.78, 5) is 40.2. The number of fused-ring (bicyclic) bond motifs is 1. The van der Waals surface area contributed by atoms with Gasteiger partial charge in [0.2, 0.25) is 5.91 Å². The van der Waals surface area contributed by atoms with Gasteiger partial charge in [0.25, 0.3) is 11.7 Å². The number of anilines is 1. The van der Waals surface area contributed by atoms with Crippen molar-refractivity contribution in [3.8, 4) is 11.5 Å². The summed E-state index contributed by atoms with van der Waals surface area (Å²) < 4.78 is 7.49.